The van der Waals surface area contributed by atoms with Gasteiger partial charge in [-0.15, -0.1) is 0 Å². The lowest BCUT2D eigenvalue weighted by atomic mass is 9.97. The number of fused-ring (bicyclic) bond motifs is 1. The molecule has 2 aliphatic heterocycles. The molecule has 290 valence electrons. The number of ketones is 1. The number of aromatic nitrogens is 3. The van der Waals surface area contributed by atoms with E-state index in [1.54, 1.807) is 19.4 Å². The SMILES string of the molecule is COc1nc(-c2cccc(-c3cccc(CC(=O)c4cc(OCC#N)c5c(n4)CN(CCO[Si](C)(C)C(C)(C)C)CC5)c3Cl)c2Cl)cnc1CN1CC(C)C1. The summed E-state index contributed by atoms with van der Waals surface area (Å²) >= 11 is 14.2. The minimum Gasteiger partial charge on any atom is -0.480 e. The summed E-state index contributed by atoms with van der Waals surface area (Å²) in [4.78, 5) is 32.9. The molecule has 0 amide bonds. The van der Waals surface area contributed by atoms with Crippen LogP contribution < -0.4 is 9.47 Å². The van der Waals surface area contributed by atoms with Gasteiger partial charge in [-0.1, -0.05) is 87.3 Å². The van der Waals surface area contributed by atoms with Crippen LogP contribution in [-0.4, -0.2) is 85.4 Å². The van der Waals surface area contributed by atoms with Gasteiger partial charge in [0.25, 0.3) is 0 Å². The predicted octanol–water partition coefficient (Wildman–Crippen LogP) is 8.68. The van der Waals surface area contributed by atoms with Gasteiger partial charge in [0.05, 0.1) is 34.7 Å². The molecule has 0 radical (unpaired) electrons. The van der Waals surface area contributed by atoms with Gasteiger partial charge in [-0.3, -0.25) is 19.6 Å². The minimum atomic E-state index is -1.88. The van der Waals surface area contributed by atoms with E-state index in [0.717, 1.165) is 43.1 Å². The number of carbonyl (C=O) groups excluding carboxylic acids is 1. The summed E-state index contributed by atoms with van der Waals surface area (Å²) in [5.74, 6) is 1.47. The highest BCUT2D eigenvalue weighted by atomic mass is 35.5. The number of ether oxygens (including phenoxy) is 2. The predicted molar refractivity (Wildman–Crippen MR) is 219 cm³/mol. The van der Waals surface area contributed by atoms with Crippen LogP contribution in [0, 0.1) is 17.2 Å². The van der Waals surface area contributed by atoms with E-state index < -0.39 is 8.32 Å². The molecule has 10 nitrogen and oxygen atoms in total. The molecule has 0 spiro atoms. The number of nitrogens with zero attached hydrogens (tertiary/aromatic N) is 6. The van der Waals surface area contributed by atoms with Gasteiger partial charge in [0.15, 0.2) is 20.7 Å². The summed E-state index contributed by atoms with van der Waals surface area (Å²) in [6.07, 6.45) is 2.44. The Morgan fingerprint density at radius 3 is 2.44 bits per heavy atom. The van der Waals surface area contributed by atoms with Crippen LogP contribution in [0.15, 0.2) is 48.7 Å². The van der Waals surface area contributed by atoms with Crippen molar-refractivity contribution in [3.8, 4) is 40.1 Å². The molecule has 2 aromatic heterocycles. The van der Waals surface area contributed by atoms with Crippen molar-refractivity contribution in [2.24, 2.45) is 5.92 Å². The Kier molecular flexibility index (Phi) is 12.7. The molecular weight excluding hydrogens is 751 g/mol. The lowest BCUT2D eigenvalue weighted by Gasteiger charge is -2.37. The zero-order valence-electron chi connectivity index (χ0n) is 32.8. The fourth-order valence-corrected chi connectivity index (χ4v) is 8.52. The van der Waals surface area contributed by atoms with Crippen molar-refractivity contribution in [1.82, 2.24) is 24.8 Å². The van der Waals surface area contributed by atoms with Gasteiger partial charge in [-0.2, -0.15) is 5.26 Å². The van der Waals surface area contributed by atoms with Crippen LogP contribution in [-0.2, 0) is 30.4 Å². The second-order valence-electron chi connectivity index (χ2n) is 16.1. The molecule has 55 heavy (non-hydrogen) atoms. The normalized spacial score (nSPS) is 15.3. The van der Waals surface area contributed by atoms with Crippen LogP contribution in [0.3, 0.4) is 0 Å². The Bertz CT molecular complexity index is 2090. The zero-order valence-corrected chi connectivity index (χ0v) is 35.4. The van der Waals surface area contributed by atoms with Gasteiger partial charge < -0.3 is 13.9 Å². The number of pyridine rings is 1. The maximum Gasteiger partial charge on any atom is 0.237 e. The Morgan fingerprint density at radius 1 is 1.04 bits per heavy atom. The first kappa shape index (κ1) is 40.8. The summed E-state index contributed by atoms with van der Waals surface area (Å²) in [6, 6.07) is 15.0. The molecule has 2 aliphatic rings. The summed E-state index contributed by atoms with van der Waals surface area (Å²) in [5, 5.41) is 10.3. The van der Waals surface area contributed by atoms with Crippen LogP contribution in [0.5, 0.6) is 11.6 Å². The third-order valence-corrected chi connectivity index (χ3v) is 16.4. The highest BCUT2D eigenvalue weighted by Gasteiger charge is 2.37. The third-order valence-electron chi connectivity index (χ3n) is 11.0. The topological polar surface area (TPSA) is 114 Å². The second kappa shape index (κ2) is 17.1. The average molecular weight is 802 g/mol. The number of likely N-dealkylation sites (tertiary alicyclic amines) is 1. The van der Waals surface area contributed by atoms with Crippen LogP contribution in [0.4, 0.5) is 0 Å². The van der Waals surface area contributed by atoms with E-state index in [1.807, 2.05) is 42.5 Å². The number of nitriles is 1. The van der Waals surface area contributed by atoms with Crippen molar-refractivity contribution < 1.29 is 18.7 Å². The van der Waals surface area contributed by atoms with Crippen molar-refractivity contribution in [3.05, 3.63) is 86.9 Å². The first-order valence-corrected chi connectivity index (χ1v) is 22.5. The highest BCUT2D eigenvalue weighted by molar-refractivity contribution is 6.74. The average Bonchev–Trinajstić information content (AvgIpc) is 3.13. The molecule has 1 fully saturated rings. The molecule has 4 aromatic rings. The maximum atomic E-state index is 14.0. The van der Waals surface area contributed by atoms with Gasteiger partial charge >= 0.3 is 0 Å². The molecule has 0 bridgehead atoms. The Balaban J connectivity index is 1.22. The van der Waals surface area contributed by atoms with Crippen molar-refractivity contribution in [2.45, 2.75) is 71.8 Å². The smallest absolute Gasteiger partial charge is 0.237 e. The molecular formula is C42H50Cl2N6O4Si. The lowest BCUT2D eigenvalue weighted by Crippen LogP contribution is -2.44. The molecule has 2 aromatic carbocycles. The van der Waals surface area contributed by atoms with Crippen molar-refractivity contribution in [3.63, 3.8) is 0 Å². The molecule has 13 heteroatoms. The van der Waals surface area contributed by atoms with E-state index in [9.17, 15) is 10.1 Å². The lowest BCUT2D eigenvalue weighted by molar-refractivity contribution is 0.0986. The van der Waals surface area contributed by atoms with E-state index in [4.69, 9.17) is 52.1 Å². The number of halogens is 2. The third kappa shape index (κ3) is 9.23. The number of carbonyl (C=O) groups is 1. The number of methoxy groups -OCH3 is 1. The van der Waals surface area contributed by atoms with Gasteiger partial charge in [0.2, 0.25) is 5.88 Å². The van der Waals surface area contributed by atoms with E-state index in [2.05, 4.69) is 50.6 Å². The first-order chi connectivity index (χ1) is 26.2. The van der Waals surface area contributed by atoms with Crippen LogP contribution >= 0.6 is 23.2 Å². The maximum absolute atomic E-state index is 14.0. The Hall–Kier alpha value is -3.89. The number of benzene rings is 2. The van der Waals surface area contributed by atoms with Gasteiger partial charge in [-0.25, -0.2) is 9.97 Å². The quantitative estimate of drug-likeness (QED) is 0.0907. The standard InChI is InChI=1S/C42H50Cl2N6O4Si/c1-27-23-50(24-27)26-36-41(52-5)48-34(22-46-36)32-13-9-12-30(40(32)44)29-11-8-10-28(39(29)43)20-37(51)33-21-38(53-18-15-45)31-14-16-49(25-35(31)47-33)17-19-54-55(6,7)42(2,3)4/h8-13,21-22,27H,14,16-20,23-26H2,1-7H3. The molecule has 4 heterocycles. The van der Waals surface area contributed by atoms with Crippen LogP contribution in [0.1, 0.15) is 60.7 Å². The van der Waals surface area contributed by atoms with Crippen molar-refractivity contribution in [1.29, 1.82) is 5.26 Å². The highest BCUT2D eigenvalue weighted by Crippen LogP contribution is 2.41. The summed E-state index contributed by atoms with van der Waals surface area (Å²) in [6.45, 7) is 18.8. The van der Waals surface area contributed by atoms with Gasteiger partial charge in [-0.05, 0) is 36.0 Å². The van der Waals surface area contributed by atoms with E-state index in [-0.39, 0.29) is 29.5 Å². The number of hydrogen-bond donors (Lipinski definition) is 0. The van der Waals surface area contributed by atoms with Gasteiger partial charge in [0.1, 0.15) is 23.2 Å². The Morgan fingerprint density at radius 2 is 1.75 bits per heavy atom. The monoisotopic (exact) mass is 800 g/mol. The Labute approximate surface area is 335 Å². The number of hydrogen-bond acceptors (Lipinski definition) is 10. The minimum absolute atomic E-state index is 0.0114. The molecule has 0 N–H and O–H groups in total. The number of rotatable bonds is 14. The molecule has 0 saturated carbocycles. The molecule has 1 saturated heterocycles. The molecule has 0 unspecified atom stereocenters. The van der Waals surface area contributed by atoms with E-state index in [0.29, 0.717) is 81.7 Å². The largest absolute Gasteiger partial charge is 0.480 e. The summed E-state index contributed by atoms with van der Waals surface area (Å²) in [7, 11) is -0.277. The zero-order chi connectivity index (χ0) is 39.5. The van der Waals surface area contributed by atoms with E-state index in [1.165, 1.54) is 0 Å². The van der Waals surface area contributed by atoms with Crippen molar-refractivity contribution >= 4 is 37.3 Å². The second-order valence-corrected chi connectivity index (χ2v) is 21.6. The fraction of sp³-hybridized carbons (Fsp3) is 0.452. The van der Waals surface area contributed by atoms with Gasteiger partial charge in [0, 0.05) is 80.6 Å². The molecule has 6 rings (SSSR count). The number of Topliss-reactive ketones (excluding diaryl/α,β-unsaturated/α-hetero) is 1. The summed E-state index contributed by atoms with van der Waals surface area (Å²) < 4.78 is 17.9. The van der Waals surface area contributed by atoms with E-state index >= 15 is 0 Å². The van der Waals surface area contributed by atoms with Crippen molar-refractivity contribution in [2.75, 3.05) is 46.5 Å². The first-order valence-electron chi connectivity index (χ1n) is 18.8. The summed E-state index contributed by atoms with van der Waals surface area (Å²) in [5.41, 5.74) is 6.08. The molecule has 0 aliphatic carbocycles. The van der Waals surface area contributed by atoms with Crippen LogP contribution in [0.2, 0.25) is 28.2 Å². The molecule has 0 atom stereocenters. The fourth-order valence-electron chi connectivity index (χ4n) is 6.87. The van der Waals surface area contributed by atoms with Crippen LogP contribution in [0.25, 0.3) is 22.4 Å².